The number of amides is 2. The quantitative estimate of drug-likeness (QED) is 0.352. The summed E-state index contributed by atoms with van der Waals surface area (Å²) in [5.74, 6) is -0.926. The number of carbonyl (C=O) groups is 2. The molecule has 10 heteroatoms. The van der Waals surface area contributed by atoms with E-state index in [1.54, 1.807) is 36.4 Å². The first kappa shape index (κ1) is 27.1. The Morgan fingerprint density at radius 1 is 1.03 bits per heavy atom. The molecule has 1 aliphatic rings. The van der Waals surface area contributed by atoms with Gasteiger partial charge in [-0.15, -0.1) is 11.8 Å². The number of carbonyl (C=O) groups excluding carboxylic acids is 2. The molecule has 1 aliphatic carbocycles. The van der Waals surface area contributed by atoms with Crippen LogP contribution in [0, 0.1) is 23.2 Å². The second kappa shape index (κ2) is 13.0. The number of hydrogen-bond donors (Lipinski definition) is 2. The van der Waals surface area contributed by atoms with E-state index in [2.05, 4.69) is 10.6 Å². The van der Waals surface area contributed by atoms with Crippen molar-refractivity contribution in [2.45, 2.75) is 42.0 Å². The fourth-order valence-electron chi connectivity index (χ4n) is 4.13. The molecule has 0 heterocycles. The first-order valence-electron chi connectivity index (χ1n) is 11.4. The van der Waals surface area contributed by atoms with E-state index < -0.39 is 15.8 Å². The Morgan fingerprint density at radius 3 is 2.40 bits per heavy atom. The molecular weight excluding hydrogens is 506 g/mol. The molecule has 0 bridgehead atoms. The summed E-state index contributed by atoms with van der Waals surface area (Å²) >= 11 is 7.19. The molecule has 0 unspecified atom stereocenters. The molecule has 2 aromatic rings. The third-order valence-corrected chi connectivity index (χ3v) is 9.10. The highest BCUT2D eigenvalue weighted by Gasteiger charge is 2.34. The molecule has 1 saturated carbocycles. The molecule has 0 aliphatic heterocycles. The van der Waals surface area contributed by atoms with E-state index in [0.717, 1.165) is 23.3 Å². The number of benzene rings is 2. The second-order valence-corrected chi connectivity index (χ2v) is 12.0. The number of sulfone groups is 1. The smallest absolute Gasteiger partial charge is 0.230 e. The Kier molecular flexibility index (Phi) is 10.0. The van der Waals surface area contributed by atoms with Crippen LogP contribution in [0.3, 0.4) is 0 Å². The number of nitrogens with zero attached hydrogens (tertiary/aromatic N) is 1. The summed E-state index contributed by atoms with van der Waals surface area (Å²) in [4.78, 5) is 25.5. The van der Waals surface area contributed by atoms with E-state index in [1.807, 2.05) is 18.2 Å². The van der Waals surface area contributed by atoms with Gasteiger partial charge in [0, 0.05) is 22.4 Å². The van der Waals surface area contributed by atoms with E-state index in [-0.39, 0.29) is 40.7 Å². The van der Waals surface area contributed by atoms with Gasteiger partial charge in [-0.3, -0.25) is 9.59 Å². The van der Waals surface area contributed by atoms with Gasteiger partial charge in [-0.1, -0.05) is 36.6 Å². The summed E-state index contributed by atoms with van der Waals surface area (Å²) in [5, 5.41) is 14.8. The zero-order chi connectivity index (χ0) is 25.3. The summed E-state index contributed by atoms with van der Waals surface area (Å²) < 4.78 is 26.1. The van der Waals surface area contributed by atoms with Crippen molar-refractivity contribution >= 4 is 45.0 Å². The highest BCUT2D eigenvalue weighted by Crippen LogP contribution is 2.33. The van der Waals surface area contributed by atoms with Gasteiger partial charge < -0.3 is 10.6 Å². The monoisotopic (exact) mass is 533 g/mol. The van der Waals surface area contributed by atoms with Crippen molar-refractivity contribution in [2.24, 2.45) is 11.8 Å². The van der Waals surface area contributed by atoms with Crippen molar-refractivity contribution in [2.75, 3.05) is 18.1 Å². The summed E-state index contributed by atoms with van der Waals surface area (Å²) in [6.45, 7) is 0.331. The molecule has 0 aromatic heterocycles. The van der Waals surface area contributed by atoms with E-state index in [4.69, 9.17) is 16.9 Å². The minimum Gasteiger partial charge on any atom is -0.351 e. The summed E-state index contributed by atoms with van der Waals surface area (Å²) in [6, 6.07) is 15.6. The third kappa shape index (κ3) is 8.27. The van der Waals surface area contributed by atoms with Gasteiger partial charge in [0.15, 0.2) is 9.84 Å². The van der Waals surface area contributed by atoms with Crippen LogP contribution in [-0.4, -0.2) is 38.3 Å². The average molecular weight is 534 g/mol. The Bertz CT molecular complexity index is 1160. The number of hydrogen-bond acceptors (Lipinski definition) is 6. The maximum absolute atomic E-state index is 13.0. The van der Waals surface area contributed by atoms with Crippen molar-refractivity contribution in [1.29, 1.82) is 5.26 Å². The van der Waals surface area contributed by atoms with Crippen LogP contribution < -0.4 is 10.6 Å². The average Bonchev–Trinajstić information content (AvgIpc) is 2.86. The van der Waals surface area contributed by atoms with Crippen LogP contribution in [-0.2, 0) is 26.0 Å². The van der Waals surface area contributed by atoms with Crippen LogP contribution in [0.1, 0.15) is 31.2 Å². The van der Waals surface area contributed by atoms with E-state index >= 15 is 0 Å². The first-order chi connectivity index (χ1) is 16.8. The highest BCUT2D eigenvalue weighted by atomic mass is 35.5. The van der Waals surface area contributed by atoms with Crippen LogP contribution in [0.25, 0.3) is 0 Å². The Hall–Kier alpha value is -2.54. The SMILES string of the molecule is N#CCNC(=O)[C@@H]1CCCC[C@H]1CS(=O)(=O)c1ccc(SCC(=O)NCc2ccc(Cl)cc2)cc1. The summed E-state index contributed by atoms with van der Waals surface area (Å²) in [7, 11) is -3.58. The zero-order valence-corrected chi connectivity index (χ0v) is 21.6. The number of halogens is 1. The molecule has 7 nitrogen and oxygen atoms in total. The van der Waals surface area contributed by atoms with E-state index in [0.29, 0.717) is 24.4 Å². The molecule has 2 atom stereocenters. The maximum atomic E-state index is 13.0. The fraction of sp³-hybridized carbons (Fsp3) is 0.400. The molecule has 0 saturated heterocycles. The summed E-state index contributed by atoms with van der Waals surface area (Å²) in [5.41, 5.74) is 0.949. The van der Waals surface area contributed by atoms with Crippen molar-refractivity contribution in [3.05, 3.63) is 59.1 Å². The predicted molar refractivity (Wildman–Crippen MR) is 137 cm³/mol. The second-order valence-electron chi connectivity index (χ2n) is 8.47. The maximum Gasteiger partial charge on any atom is 0.230 e. The molecule has 1 fully saturated rings. The third-order valence-electron chi connectivity index (χ3n) is 5.98. The lowest BCUT2D eigenvalue weighted by Crippen LogP contribution is -2.39. The standard InChI is InChI=1S/C25H28ClN3O4S2/c26-20-7-5-18(6-8-20)15-29-24(30)16-34-21-9-11-22(12-10-21)35(32,33)17-19-3-1-2-4-23(19)25(31)28-14-13-27/h5-12,19,23H,1-4,14-17H2,(H,28,31)(H,29,30)/t19-,23+/m0/s1. The van der Waals surface area contributed by atoms with Gasteiger partial charge in [0.1, 0.15) is 6.54 Å². The predicted octanol–water partition coefficient (Wildman–Crippen LogP) is 3.97. The van der Waals surface area contributed by atoms with Gasteiger partial charge in [-0.25, -0.2) is 8.42 Å². The van der Waals surface area contributed by atoms with Crippen molar-refractivity contribution in [1.82, 2.24) is 10.6 Å². The lowest BCUT2D eigenvalue weighted by Gasteiger charge is -2.30. The molecule has 2 N–H and O–H groups in total. The summed E-state index contributed by atoms with van der Waals surface area (Å²) in [6.07, 6.45) is 3.06. The van der Waals surface area contributed by atoms with Gasteiger partial charge in [-0.2, -0.15) is 5.26 Å². The lowest BCUT2D eigenvalue weighted by molar-refractivity contribution is -0.127. The van der Waals surface area contributed by atoms with Gasteiger partial charge in [0.05, 0.1) is 22.5 Å². The topological polar surface area (TPSA) is 116 Å². The number of thioether (sulfide) groups is 1. The molecule has 35 heavy (non-hydrogen) atoms. The number of nitrogens with one attached hydrogen (secondary N) is 2. The van der Waals surface area contributed by atoms with Crippen molar-refractivity contribution in [3.63, 3.8) is 0 Å². The van der Waals surface area contributed by atoms with Crippen molar-refractivity contribution in [3.8, 4) is 6.07 Å². The fourth-order valence-corrected chi connectivity index (χ4v) is 6.69. The van der Waals surface area contributed by atoms with Gasteiger partial charge in [0.2, 0.25) is 11.8 Å². The van der Waals surface area contributed by atoms with Crippen LogP contribution in [0.2, 0.25) is 5.02 Å². The molecule has 2 amide bonds. The molecule has 0 radical (unpaired) electrons. The number of nitriles is 1. The van der Waals surface area contributed by atoms with Gasteiger partial charge >= 0.3 is 0 Å². The first-order valence-corrected chi connectivity index (χ1v) is 14.4. The van der Waals surface area contributed by atoms with E-state index in [9.17, 15) is 18.0 Å². The van der Waals surface area contributed by atoms with Gasteiger partial charge in [0.25, 0.3) is 0 Å². The van der Waals surface area contributed by atoms with E-state index in [1.165, 1.54) is 11.8 Å². The van der Waals surface area contributed by atoms with Crippen LogP contribution in [0.4, 0.5) is 0 Å². The molecule has 3 rings (SSSR count). The minimum absolute atomic E-state index is 0.0763. The minimum atomic E-state index is -3.58. The molecular formula is C25H28ClN3O4S2. The Morgan fingerprint density at radius 2 is 1.71 bits per heavy atom. The van der Waals surface area contributed by atoms with Crippen LogP contribution in [0.15, 0.2) is 58.3 Å². The normalized spacial score (nSPS) is 17.8. The van der Waals surface area contributed by atoms with Gasteiger partial charge in [-0.05, 0) is 60.7 Å². The highest BCUT2D eigenvalue weighted by molar-refractivity contribution is 8.00. The lowest BCUT2D eigenvalue weighted by atomic mass is 9.80. The largest absolute Gasteiger partial charge is 0.351 e. The van der Waals surface area contributed by atoms with Crippen LogP contribution >= 0.6 is 23.4 Å². The number of rotatable bonds is 10. The zero-order valence-electron chi connectivity index (χ0n) is 19.2. The molecule has 2 aromatic carbocycles. The molecule has 0 spiro atoms. The Balaban J connectivity index is 1.52. The molecule has 186 valence electrons. The Labute approximate surface area is 215 Å². The van der Waals surface area contributed by atoms with Crippen LogP contribution in [0.5, 0.6) is 0 Å². The van der Waals surface area contributed by atoms with Crippen molar-refractivity contribution < 1.29 is 18.0 Å².